The van der Waals surface area contributed by atoms with Crippen LogP contribution in [0.1, 0.15) is 33.1 Å². The molecule has 0 aromatic carbocycles. The third kappa shape index (κ3) is 4.20. The Balaban J connectivity index is 4.12. The fourth-order valence-electron chi connectivity index (χ4n) is 1.54. The molecule has 0 aliphatic rings. The Labute approximate surface area is 87.1 Å². The van der Waals surface area contributed by atoms with Crippen LogP contribution in [-0.4, -0.2) is 42.5 Å². The van der Waals surface area contributed by atoms with Crippen LogP contribution in [0.5, 0.6) is 0 Å². The van der Waals surface area contributed by atoms with Gasteiger partial charge in [-0.25, -0.2) is 0 Å². The molecule has 3 atom stereocenters. The Morgan fingerprint density at radius 2 is 2.00 bits per heavy atom. The van der Waals surface area contributed by atoms with Gasteiger partial charge in [-0.05, 0) is 26.4 Å². The molecule has 3 nitrogen and oxygen atoms in total. The second kappa shape index (κ2) is 6.96. The number of nitrogens with zero attached hydrogens (tertiary/aromatic N) is 1. The van der Waals surface area contributed by atoms with Crippen LogP contribution in [-0.2, 0) is 4.79 Å². The van der Waals surface area contributed by atoms with E-state index in [0.717, 1.165) is 25.5 Å². The van der Waals surface area contributed by atoms with Gasteiger partial charge >= 0.3 is 0 Å². The van der Waals surface area contributed by atoms with Crippen molar-refractivity contribution in [1.82, 2.24) is 4.90 Å². The summed E-state index contributed by atoms with van der Waals surface area (Å²) in [5, 5.41) is 9.90. The lowest BCUT2D eigenvalue weighted by Crippen LogP contribution is -2.43. The zero-order valence-electron chi connectivity index (χ0n) is 9.73. The molecule has 3 unspecified atom stereocenters. The van der Waals surface area contributed by atoms with Crippen molar-refractivity contribution in [3.05, 3.63) is 0 Å². The summed E-state index contributed by atoms with van der Waals surface area (Å²) >= 11 is 0. The van der Waals surface area contributed by atoms with Gasteiger partial charge in [0.2, 0.25) is 0 Å². The predicted molar refractivity (Wildman–Crippen MR) is 58.2 cm³/mol. The van der Waals surface area contributed by atoms with Crippen molar-refractivity contribution in [1.29, 1.82) is 0 Å². The predicted octanol–water partition coefficient (Wildman–Crippen LogP) is 1.30. The average molecular weight is 201 g/mol. The van der Waals surface area contributed by atoms with Crippen molar-refractivity contribution in [2.24, 2.45) is 5.92 Å². The van der Waals surface area contributed by atoms with Crippen LogP contribution in [0.15, 0.2) is 0 Å². The van der Waals surface area contributed by atoms with Crippen molar-refractivity contribution in [3.8, 4) is 0 Å². The highest BCUT2D eigenvalue weighted by atomic mass is 16.3. The summed E-state index contributed by atoms with van der Waals surface area (Å²) < 4.78 is 0. The number of aliphatic hydroxyl groups is 1. The van der Waals surface area contributed by atoms with E-state index in [1.165, 1.54) is 0 Å². The van der Waals surface area contributed by atoms with Gasteiger partial charge in [0.1, 0.15) is 6.29 Å². The molecule has 0 saturated carbocycles. The summed E-state index contributed by atoms with van der Waals surface area (Å²) in [6.45, 7) is 4.13. The number of aliphatic hydroxyl groups excluding tert-OH is 1. The molecule has 0 heterocycles. The lowest BCUT2D eigenvalue weighted by atomic mass is 9.93. The summed E-state index contributed by atoms with van der Waals surface area (Å²) in [4.78, 5) is 12.5. The Hall–Kier alpha value is -0.410. The van der Waals surface area contributed by atoms with Crippen molar-refractivity contribution >= 4 is 6.29 Å². The maximum atomic E-state index is 10.8. The minimum atomic E-state index is -0.547. The van der Waals surface area contributed by atoms with Crippen LogP contribution in [0.3, 0.4) is 0 Å². The molecule has 1 N–H and O–H groups in total. The molecule has 0 spiro atoms. The first-order chi connectivity index (χ1) is 6.54. The normalized spacial score (nSPS) is 17.9. The molecule has 0 aromatic rings. The Morgan fingerprint density at radius 3 is 2.36 bits per heavy atom. The van der Waals surface area contributed by atoms with Gasteiger partial charge in [0, 0.05) is 0 Å². The van der Waals surface area contributed by atoms with Gasteiger partial charge in [-0.2, -0.15) is 0 Å². The highest BCUT2D eigenvalue weighted by Gasteiger charge is 2.25. The van der Waals surface area contributed by atoms with E-state index in [9.17, 15) is 9.90 Å². The second-order valence-corrected chi connectivity index (χ2v) is 4.20. The Kier molecular flexibility index (Phi) is 6.75. The number of carbonyl (C=O) groups is 1. The fourth-order valence-corrected chi connectivity index (χ4v) is 1.54. The molecule has 0 saturated heterocycles. The maximum absolute atomic E-state index is 10.8. The van der Waals surface area contributed by atoms with E-state index >= 15 is 0 Å². The van der Waals surface area contributed by atoms with Gasteiger partial charge < -0.3 is 9.90 Å². The van der Waals surface area contributed by atoms with Gasteiger partial charge in [0.05, 0.1) is 12.1 Å². The van der Waals surface area contributed by atoms with E-state index in [1.54, 1.807) is 4.90 Å². The molecular formula is C11H23NO2. The molecule has 0 aliphatic carbocycles. The van der Waals surface area contributed by atoms with Crippen molar-refractivity contribution in [2.75, 3.05) is 14.1 Å². The van der Waals surface area contributed by atoms with Gasteiger partial charge in [0.25, 0.3) is 0 Å². The summed E-state index contributed by atoms with van der Waals surface area (Å²) in [5.41, 5.74) is 0. The van der Waals surface area contributed by atoms with Gasteiger partial charge in [-0.15, -0.1) is 0 Å². The van der Waals surface area contributed by atoms with Crippen LogP contribution in [0.2, 0.25) is 0 Å². The minimum absolute atomic E-state index is 0.188. The fraction of sp³-hybridized carbons (Fsp3) is 0.909. The molecule has 14 heavy (non-hydrogen) atoms. The molecule has 0 aromatic heterocycles. The van der Waals surface area contributed by atoms with Crippen LogP contribution in [0.4, 0.5) is 0 Å². The molecule has 0 aliphatic heterocycles. The van der Waals surface area contributed by atoms with Crippen molar-refractivity contribution in [2.45, 2.75) is 45.3 Å². The maximum Gasteiger partial charge on any atom is 0.139 e. The number of hydrogen-bond acceptors (Lipinski definition) is 3. The van der Waals surface area contributed by atoms with Crippen molar-refractivity contribution < 1.29 is 9.90 Å². The lowest BCUT2D eigenvalue weighted by Gasteiger charge is -2.28. The zero-order chi connectivity index (χ0) is 11.1. The van der Waals surface area contributed by atoms with E-state index < -0.39 is 6.10 Å². The van der Waals surface area contributed by atoms with E-state index in [4.69, 9.17) is 0 Å². The van der Waals surface area contributed by atoms with Crippen LogP contribution in [0.25, 0.3) is 0 Å². The quantitative estimate of drug-likeness (QED) is 0.631. The largest absolute Gasteiger partial charge is 0.391 e. The van der Waals surface area contributed by atoms with E-state index in [1.807, 2.05) is 21.0 Å². The number of carbonyl (C=O) groups excluding carboxylic acids is 1. The average Bonchev–Trinajstić information content (AvgIpc) is 2.14. The van der Waals surface area contributed by atoms with E-state index in [2.05, 4.69) is 6.92 Å². The first kappa shape index (κ1) is 13.6. The first-order valence-corrected chi connectivity index (χ1v) is 5.34. The van der Waals surface area contributed by atoms with Crippen LogP contribution >= 0.6 is 0 Å². The second-order valence-electron chi connectivity index (χ2n) is 4.20. The number of rotatable bonds is 7. The zero-order valence-corrected chi connectivity index (χ0v) is 9.73. The topological polar surface area (TPSA) is 40.5 Å². The Bertz CT molecular complexity index is 159. The third-order valence-electron chi connectivity index (χ3n) is 2.68. The standard InChI is InChI=1S/C11H23NO2/c1-5-6-7-9(2)11(14)10(8-13)12(3)4/h8-11,14H,5-7H2,1-4H3. The van der Waals surface area contributed by atoms with Crippen LogP contribution < -0.4 is 0 Å². The van der Waals surface area contributed by atoms with Crippen molar-refractivity contribution in [3.63, 3.8) is 0 Å². The molecule has 0 radical (unpaired) electrons. The molecule has 84 valence electrons. The molecule has 0 amide bonds. The highest BCUT2D eigenvalue weighted by molar-refractivity contribution is 5.58. The molecular weight excluding hydrogens is 178 g/mol. The van der Waals surface area contributed by atoms with E-state index in [0.29, 0.717) is 0 Å². The molecule has 3 heteroatoms. The van der Waals surface area contributed by atoms with E-state index in [-0.39, 0.29) is 12.0 Å². The highest BCUT2D eigenvalue weighted by Crippen LogP contribution is 2.16. The van der Waals surface area contributed by atoms with Crippen LogP contribution in [0, 0.1) is 5.92 Å². The number of unbranched alkanes of at least 4 members (excludes halogenated alkanes) is 1. The first-order valence-electron chi connectivity index (χ1n) is 5.34. The summed E-state index contributed by atoms with van der Waals surface area (Å²) in [7, 11) is 3.63. The molecule has 0 rings (SSSR count). The minimum Gasteiger partial charge on any atom is -0.391 e. The smallest absolute Gasteiger partial charge is 0.139 e. The third-order valence-corrected chi connectivity index (χ3v) is 2.68. The number of hydrogen-bond donors (Lipinski definition) is 1. The number of likely N-dealkylation sites (N-methyl/N-ethyl adjacent to an activating group) is 1. The van der Waals surface area contributed by atoms with Gasteiger partial charge in [-0.1, -0.05) is 26.7 Å². The molecule has 0 bridgehead atoms. The van der Waals surface area contributed by atoms with Gasteiger partial charge in [0.15, 0.2) is 0 Å². The summed E-state index contributed by atoms with van der Waals surface area (Å²) in [6.07, 6.45) is 3.50. The summed E-state index contributed by atoms with van der Waals surface area (Å²) in [6, 6.07) is -0.373. The number of aldehydes is 1. The Morgan fingerprint density at radius 1 is 1.43 bits per heavy atom. The molecule has 0 fully saturated rings. The monoisotopic (exact) mass is 201 g/mol. The van der Waals surface area contributed by atoms with Gasteiger partial charge in [-0.3, -0.25) is 4.90 Å². The summed E-state index contributed by atoms with van der Waals surface area (Å²) in [5.74, 6) is 0.188. The SMILES string of the molecule is CCCCC(C)C(O)C(C=O)N(C)C. The lowest BCUT2D eigenvalue weighted by molar-refractivity contribution is -0.116.